The number of hydrogen-bond acceptors (Lipinski definition) is 3. The molecule has 0 radical (unpaired) electrons. The van der Waals surface area contributed by atoms with E-state index in [2.05, 4.69) is 10.3 Å². The highest BCUT2D eigenvalue weighted by Gasteiger charge is 2.17. The summed E-state index contributed by atoms with van der Waals surface area (Å²) in [7, 11) is 0. The number of para-hydroxylation sites is 1. The number of aldehydes is 1. The van der Waals surface area contributed by atoms with Crippen molar-refractivity contribution in [2.24, 2.45) is 5.73 Å². The summed E-state index contributed by atoms with van der Waals surface area (Å²) in [5.41, 5.74) is 7.67. The molecule has 1 unspecified atom stereocenters. The van der Waals surface area contributed by atoms with Crippen LogP contribution >= 0.6 is 0 Å². The van der Waals surface area contributed by atoms with Crippen LogP contribution in [-0.4, -0.2) is 29.3 Å². The van der Waals surface area contributed by atoms with Crippen molar-refractivity contribution in [2.45, 2.75) is 31.8 Å². The summed E-state index contributed by atoms with van der Waals surface area (Å²) in [6.07, 6.45) is 3.62. The number of amides is 1. The fourth-order valence-electron chi connectivity index (χ4n) is 2.15. The van der Waals surface area contributed by atoms with Crippen molar-refractivity contribution in [3.63, 3.8) is 0 Å². The molecule has 0 saturated carbocycles. The van der Waals surface area contributed by atoms with E-state index in [0.29, 0.717) is 12.8 Å². The summed E-state index contributed by atoms with van der Waals surface area (Å²) in [6, 6.07) is 6.73. The van der Waals surface area contributed by atoms with E-state index in [0.717, 1.165) is 22.8 Å². The molecule has 1 aromatic carbocycles. The molecule has 20 heavy (non-hydrogen) atoms. The maximum atomic E-state index is 11.7. The van der Waals surface area contributed by atoms with Crippen molar-refractivity contribution in [3.05, 3.63) is 36.0 Å². The average Bonchev–Trinajstić information content (AvgIpc) is 2.88. The lowest BCUT2D eigenvalue weighted by molar-refractivity contribution is -0.125. The molecular formula is C15H19N3O2. The lowest BCUT2D eigenvalue weighted by atomic mass is 10.1. The third-order valence-corrected chi connectivity index (χ3v) is 3.38. The Kier molecular flexibility index (Phi) is 4.53. The second-order valence-corrected chi connectivity index (χ2v) is 4.83. The number of H-pyrrole nitrogens is 1. The van der Waals surface area contributed by atoms with Gasteiger partial charge in [0.1, 0.15) is 6.29 Å². The summed E-state index contributed by atoms with van der Waals surface area (Å²) >= 11 is 0. The molecule has 2 rings (SSSR count). The average molecular weight is 273 g/mol. The number of aromatic amines is 1. The summed E-state index contributed by atoms with van der Waals surface area (Å²) < 4.78 is 0. The molecule has 5 heteroatoms. The number of aromatic nitrogens is 1. The summed E-state index contributed by atoms with van der Waals surface area (Å²) in [5.74, 6) is -0.288. The highest BCUT2D eigenvalue weighted by atomic mass is 16.2. The zero-order valence-corrected chi connectivity index (χ0v) is 11.4. The van der Waals surface area contributed by atoms with E-state index in [-0.39, 0.29) is 5.91 Å². The minimum Gasteiger partial charge on any atom is -0.361 e. The molecular weight excluding hydrogens is 254 g/mol. The second kappa shape index (κ2) is 6.34. The van der Waals surface area contributed by atoms with Gasteiger partial charge < -0.3 is 20.8 Å². The second-order valence-electron chi connectivity index (χ2n) is 4.83. The molecule has 1 amide bonds. The first-order valence-corrected chi connectivity index (χ1v) is 6.72. The third-order valence-electron chi connectivity index (χ3n) is 3.38. The topological polar surface area (TPSA) is 88.0 Å². The van der Waals surface area contributed by atoms with Gasteiger partial charge in [-0.25, -0.2) is 0 Å². The molecule has 4 N–H and O–H groups in total. The number of nitrogens with one attached hydrogen (secondary N) is 2. The van der Waals surface area contributed by atoms with Crippen molar-refractivity contribution < 1.29 is 9.59 Å². The minimum absolute atomic E-state index is 0.288. The molecule has 2 aromatic rings. The Balaban J connectivity index is 2.10. The van der Waals surface area contributed by atoms with Crippen LogP contribution < -0.4 is 11.1 Å². The van der Waals surface area contributed by atoms with Crippen molar-refractivity contribution in [2.75, 3.05) is 0 Å². The summed E-state index contributed by atoms with van der Waals surface area (Å²) in [5, 5.41) is 3.74. The Morgan fingerprint density at radius 1 is 1.45 bits per heavy atom. The van der Waals surface area contributed by atoms with Crippen LogP contribution in [0.25, 0.3) is 10.9 Å². The van der Waals surface area contributed by atoms with Gasteiger partial charge in [0.2, 0.25) is 5.91 Å². The van der Waals surface area contributed by atoms with Crippen LogP contribution in [0, 0.1) is 0 Å². The number of rotatable bonds is 6. The van der Waals surface area contributed by atoms with Crippen molar-refractivity contribution >= 4 is 23.1 Å². The standard InChI is InChI=1S/C15H19N3O2/c1-2-13(16)15(20)18-11(9-19)7-10-8-17-14-6-4-3-5-12(10)14/h3-6,8-9,11,13,17H,2,7,16H2,1H3,(H,18,20)/t11-,13?/m0/s1. The van der Waals surface area contributed by atoms with Gasteiger partial charge in [0.15, 0.2) is 0 Å². The van der Waals surface area contributed by atoms with E-state index in [1.54, 1.807) is 0 Å². The lowest BCUT2D eigenvalue weighted by Gasteiger charge is -2.15. The molecule has 0 aliphatic carbocycles. The molecule has 2 atom stereocenters. The van der Waals surface area contributed by atoms with Crippen LogP contribution in [0.2, 0.25) is 0 Å². The molecule has 0 aliphatic rings. The van der Waals surface area contributed by atoms with Gasteiger partial charge in [0, 0.05) is 23.5 Å². The minimum atomic E-state index is -0.569. The Labute approximate surface area is 117 Å². The van der Waals surface area contributed by atoms with Crippen molar-refractivity contribution in [1.29, 1.82) is 0 Å². The van der Waals surface area contributed by atoms with Gasteiger partial charge in [0.25, 0.3) is 0 Å². The van der Waals surface area contributed by atoms with Gasteiger partial charge in [-0.2, -0.15) is 0 Å². The summed E-state index contributed by atoms with van der Waals surface area (Å²) in [4.78, 5) is 26.0. The van der Waals surface area contributed by atoms with Crippen molar-refractivity contribution in [3.8, 4) is 0 Å². The molecule has 5 nitrogen and oxygen atoms in total. The van der Waals surface area contributed by atoms with E-state index in [1.807, 2.05) is 37.4 Å². The predicted octanol–water partition coefficient (Wildman–Crippen LogP) is 1.13. The Morgan fingerprint density at radius 2 is 2.20 bits per heavy atom. The SMILES string of the molecule is CCC(N)C(=O)N[C@H](C=O)Cc1c[nH]c2ccccc12. The van der Waals surface area contributed by atoms with Crippen LogP contribution in [0.5, 0.6) is 0 Å². The normalized spacial score (nSPS) is 13.9. The zero-order chi connectivity index (χ0) is 14.5. The summed E-state index contributed by atoms with van der Waals surface area (Å²) in [6.45, 7) is 1.83. The van der Waals surface area contributed by atoms with Gasteiger partial charge >= 0.3 is 0 Å². The van der Waals surface area contributed by atoms with Crippen LogP contribution in [0.3, 0.4) is 0 Å². The first kappa shape index (κ1) is 14.3. The third kappa shape index (κ3) is 3.05. The number of hydrogen-bond donors (Lipinski definition) is 3. The van der Waals surface area contributed by atoms with Crippen LogP contribution in [0.15, 0.2) is 30.5 Å². The van der Waals surface area contributed by atoms with Crippen molar-refractivity contribution in [1.82, 2.24) is 10.3 Å². The van der Waals surface area contributed by atoms with Gasteiger partial charge in [-0.3, -0.25) is 4.79 Å². The first-order valence-electron chi connectivity index (χ1n) is 6.72. The number of carbonyl (C=O) groups is 2. The first-order chi connectivity index (χ1) is 9.65. The van der Waals surface area contributed by atoms with Gasteiger partial charge in [-0.1, -0.05) is 25.1 Å². The molecule has 1 heterocycles. The lowest BCUT2D eigenvalue weighted by Crippen LogP contribution is -2.46. The molecule has 0 saturated heterocycles. The molecule has 106 valence electrons. The van der Waals surface area contributed by atoms with Crippen LogP contribution in [0.4, 0.5) is 0 Å². The zero-order valence-electron chi connectivity index (χ0n) is 11.4. The number of benzene rings is 1. The van der Waals surface area contributed by atoms with E-state index in [1.165, 1.54) is 0 Å². The largest absolute Gasteiger partial charge is 0.361 e. The number of carbonyl (C=O) groups excluding carboxylic acids is 2. The number of fused-ring (bicyclic) bond motifs is 1. The fourth-order valence-corrected chi connectivity index (χ4v) is 2.15. The van der Waals surface area contributed by atoms with E-state index in [4.69, 9.17) is 5.73 Å². The van der Waals surface area contributed by atoms with Gasteiger partial charge in [0.05, 0.1) is 12.1 Å². The smallest absolute Gasteiger partial charge is 0.237 e. The highest BCUT2D eigenvalue weighted by molar-refractivity contribution is 5.86. The number of nitrogens with two attached hydrogens (primary N) is 1. The molecule has 0 bridgehead atoms. The van der Waals surface area contributed by atoms with E-state index < -0.39 is 12.1 Å². The maximum absolute atomic E-state index is 11.7. The molecule has 0 aliphatic heterocycles. The van der Waals surface area contributed by atoms with Crippen LogP contribution in [0.1, 0.15) is 18.9 Å². The fraction of sp³-hybridized carbons (Fsp3) is 0.333. The van der Waals surface area contributed by atoms with Gasteiger partial charge in [-0.05, 0) is 18.1 Å². The predicted molar refractivity (Wildman–Crippen MR) is 78.3 cm³/mol. The Hall–Kier alpha value is -2.14. The van der Waals surface area contributed by atoms with E-state index in [9.17, 15) is 9.59 Å². The van der Waals surface area contributed by atoms with E-state index >= 15 is 0 Å². The Morgan fingerprint density at radius 3 is 2.90 bits per heavy atom. The Bertz CT molecular complexity index is 606. The van der Waals surface area contributed by atoms with Crippen LogP contribution in [-0.2, 0) is 16.0 Å². The molecule has 0 spiro atoms. The maximum Gasteiger partial charge on any atom is 0.237 e. The molecule has 0 fully saturated rings. The highest BCUT2D eigenvalue weighted by Crippen LogP contribution is 2.18. The molecule has 1 aromatic heterocycles. The monoisotopic (exact) mass is 273 g/mol. The quantitative estimate of drug-likeness (QED) is 0.689. The van der Waals surface area contributed by atoms with Gasteiger partial charge in [-0.15, -0.1) is 0 Å².